The summed E-state index contributed by atoms with van der Waals surface area (Å²) in [5, 5.41) is 13.6. The van der Waals surface area contributed by atoms with Crippen LogP contribution in [0.15, 0.2) is 42.5 Å². The Balaban J connectivity index is 1.38. The fourth-order valence-electron chi connectivity index (χ4n) is 3.71. The minimum Gasteiger partial charge on any atom is -0.493 e. The molecule has 0 bridgehead atoms. The Morgan fingerprint density at radius 1 is 1.11 bits per heavy atom. The van der Waals surface area contributed by atoms with E-state index in [1.165, 1.54) is 11.1 Å². The number of nitrogens with one attached hydrogen (secondary N) is 1. The molecule has 28 heavy (non-hydrogen) atoms. The predicted octanol–water partition coefficient (Wildman–Crippen LogP) is 3.29. The van der Waals surface area contributed by atoms with Crippen molar-refractivity contribution in [2.24, 2.45) is 0 Å². The molecule has 0 heterocycles. The molecule has 0 spiro atoms. The first-order valence-corrected chi connectivity index (χ1v) is 10.0. The number of fused-ring (bicyclic) bond motifs is 1. The van der Waals surface area contributed by atoms with Crippen molar-refractivity contribution in [2.75, 3.05) is 33.9 Å². The van der Waals surface area contributed by atoms with Crippen LogP contribution in [-0.2, 0) is 17.6 Å². The van der Waals surface area contributed by atoms with Gasteiger partial charge in [-0.2, -0.15) is 0 Å². The fourth-order valence-corrected chi connectivity index (χ4v) is 3.71. The topological polar surface area (TPSA) is 60.0 Å². The molecule has 0 aromatic heterocycles. The molecule has 5 heteroatoms. The molecule has 1 aliphatic rings. The van der Waals surface area contributed by atoms with E-state index in [-0.39, 0.29) is 6.10 Å². The summed E-state index contributed by atoms with van der Waals surface area (Å²) in [5.74, 6) is 1.47. The lowest BCUT2D eigenvalue weighted by Gasteiger charge is -2.26. The highest BCUT2D eigenvalue weighted by atomic mass is 16.5. The van der Waals surface area contributed by atoms with E-state index in [0.717, 1.165) is 49.3 Å². The van der Waals surface area contributed by atoms with Crippen LogP contribution in [0.25, 0.3) is 0 Å². The number of benzene rings is 2. The molecule has 2 aromatic carbocycles. The van der Waals surface area contributed by atoms with Gasteiger partial charge in [0, 0.05) is 6.54 Å². The van der Waals surface area contributed by atoms with Gasteiger partial charge >= 0.3 is 0 Å². The maximum absolute atomic E-state index is 10.3. The van der Waals surface area contributed by atoms with Crippen molar-refractivity contribution in [3.05, 3.63) is 59.2 Å². The van der Waals surface area contributed by atoms with Gasteiger partial charge in [0.15, 0.2) is 11.5 Å². The zero-order chi connectivity index (χ0) is 19.8. The van der Waals surface area contributed by atoms with Crippen LogP contribution >= 0.6 is 0 Å². The van der Waals surface area contributed by atoms with Crippen LogP contribution in [0.4, 0.5) is 0 Å². The average molecular weight is 386 g/mol. The van der Waals surface area contributed by atoms with E-state index < -0.39 is 6.10 Å². The van der Waals surface area contributed by atoms with Gasteiger partial charge in [0.2, 0.25) is 0 Å². The maximum atomic E-state index is 10.3. The molecule has 0 amide bonds. The molecule has 3 rings (SSSR count). The molecule has 0 saturated carbocycles. The van der Waals surface area contributed by atoms with E-state index in [9.17, 15) is 5.11 Å². The number of hydrogen-bond donors (Lipinski definition) is 2. The molecule has 0 aliphatic heterocycles. The van der Waals surface area contributed by atoms with Crippen molar-refractivity contribution in [1.29, 1.82) is 0 Å². The van der Waals surface area contributed by atoms with E-state index in [1.54, 1.807) is 14.2 Å². The van der Waals surface area contributed by atoms with Crippen molar-refractivity contribution in [3.63, 3.8) is 0 Å². The molecule has 2 atom stereocenters. The minimum absolute atomic E-state index is 0.103. The number of aliphatic hydroxyl groups excluding tert-OH is 1. The highest BCUT2D eigenvalue weighted by molar-refractivity contribution is 5.42. The van der Waals surface area contributed by atoms with Crippen LogP contribution in [0.2, 0.25) is 0 Å². The first-order chi connectivity index (χ1) is 13.7. The van der Waals surface area contributed by atoms with E-state index >= 15 is 0 Å². The molecule has 0 fully saturated rings. The second kappa shape index (κ2) is 10.5. The number of hydrogen-bond acceptors (Lipinski definition) is 5. The quantitative estimate of drug-likeness (QED) is 0.615. The Labute approximate surface area is 167 Å². The maximum Gasteiger partial charge on any atom is 0.160 e. The molecule has 2 N–H and O–H groups in total. The van der Waals surface area contributed by atoms with Gasteiger partial charge in [0.05, 0.1) is 33.0 Å². The van der Waals surface area contributed by atoms with Gasteiger partial charge in [0.25, 0.3) is 0 Å². The first-order valence-electron chi connectivity index (χ1n) is 10.0. The third-order valence-electron chi connectivity index (χ3n) is 5.22. The summed E-state index contributed by atoms with van der Waals surface area (Å²) in [5.41, 5.74) is 3.82. The normalized spacial score (nSPS) is 17.0. The van der Waals surface area contributed by atoms with Crippen molar-refractivity contribution >= 4 is 0 Å². The Bertz CT molecular complexity index is 749. The second-order valence-corrected chi connectivity index (χ2v) is 7.21. The summed E-state index contributed by atoms with van der Waals surface area (Å²) in [7, 11) is 3.27. The number of aryl methyl sites for hydroxylation is 1. The van der Waals surface area contributed by atoms with Crippen molar-refractivity contribution in [2.45, 2.75) is 37.9 Å². The van der Waals surface area contributed by atoms with Gasteiger partial charge in [-0.25, -0.2) is 0 Å². The summed E-state index contributed by atoms with van der Waals surface area (Å²) in [4.78, 5) is 0. The highest BCUT2D eigenvalue weighted by Gasteiger charge is 2.21. The molecule has 0 unspecified atom stereocenters. The average Bonchev–Trinajstić information content (AvgIpc) is 2.75. The van der Waals surface area contributed by atoms with Gasteiger partial charge in [-0.15, -0.1) is 0 Å². The molecule has 0 saturated heterocycles. The lowest BCUT2D eigenvalue weighted by atomic mass is 9.89. The number of methoxy groups -OCH3 is 2. The fraction of sp³-hybridized carbons (Fsp3) is 0.478. The van der Waals surface area contributed by atoms with Crippen LogP contribution < -0.4 is 14.8 Å². The van der Waals surface area contributed by atoms with Crippen LogP contribution in [0.5, 0.6) is 11.5 Å². The van der Waals surface area contributed by atoms with E-state index in [0.29, 0.717) is 13.2 Å². The predicted molar refractivity (Wildman–Crippen MR) is 110 cm³/mol. The zero-order valence-corrected chi connectivity index (χ0v) is 16.8. The summed E-state index contributed by atoms with van der Waals surface area (Å²) < 4.78 is 16.6. The Kier molecular flexibility index (Phi) is 7.71. The molecule has 5 nitrogen and oxygen atoms in total. The first kappa shape index (κ1) is 20.6. The minimum atomic E-state index is -0.514. The molecule has 152 valence electrons. The van der Waals surface area contributed by atoms with Crippen molar-refractivity contribution < 1.29 is 19.3 Å². The number of ether oxygens (including phenoxy) is 3. The Morgan fingerprint density at radius 2 is 1.93 bits per heavy atom. The van der Waals surface area contributed by atoms with Crippen LogP contribution in [0.1, 0.15) is 35.6 Å². The number of aliphatic hydroxyl groups is 1. The summed E-state index contributed by atoms with van der Waals surface area (Å²) in [6.07, 6.45) is 3.73. The Hall–Kier alpha value is -2.08. The second-order valence-electron chi connectivity index (χ2n) is 7.21. The standard InChI is InChI=1S/C23H31NO4/c1-26-22-11-10-17(14-23(22)27-2)12-13-24-15-19(25)16-28-21-9-5-7-18-6-3-4-8-20(18)21/h3-4,6,8,10-11,14,19,21,24-25H,5,7,9,12-13,15-16H2,1-2H3/t19-,21+/m0/s1. The third-order valence-corrected chi connectivity index (χ3v) is 5.22. The van der Waals surface area contributed by atoms with Crippen LogP contribution in [-0.4, -0.2) is 45.1 Å². The van der Waals surface area contributed by atoms with Crippen molar-refractivity contribution in [1.82, 2.24) is 5.32 Å². The zero-order valence-electron chi connectivity index (χ0n) is 16.8. The van der Waals surface area contributed by atoms with Gasteiger partial charge in [-0.1, -0.05) is 30.3 Å². The largest absolute Gasteiger partial charge is 0.493 e. The molecular formula is C23H31NO4. The SMILES string of the molecule is COc1ccc(CCNC[C@H](O)CO[C@@H]2CCCc3ccccc32)cc1OC. The molecular weight excluding hydrogens is 354 g/mol. The molecule has 0 radical (unpaired) electrons. The summed E-state index contributed by atoms with van der Waals surface area (Å²) in [6.45, 7) is 1.64. The monoisotopic (exact) mass is 385 g/mol. The number of rotatable bonds is 10. The smallest absolute Gasteiger partial charge is 0.160 e. The summed E-state index contributed by atoms with van der Waals surface area (Å²) >= 11 is 0. The Morgan fingerprint density at radius 3 is 2.75 bits per heavy atom. The van der Waals surface area contributed by atoms with Crippen LogP contribution in [0.3, 0.4) is 0 Å². The van der Waals surface area contributed by atoms with Crippen molar-refractivity contribution in [3.8, 4) is 11.5 Å². The van der Waals surface area contributed by atoms with Gasteiger partial charge in [0.1, 0.15) is 0 Å². The lowest BCUT2D eigenvalue weighted by molar-refractivity contribution is -0.0166. The van der Waals surface area contributed by atoms with E-state index in [2.05, 4.69) is 29.6 Å². The van der Waals surface area contributed by atoms with E-state index in [4.69, 9.17) is 14.2 Å². The van der Waals surface area contributed by atoms with Gasteiger partial charge in [-0.3, -0.25) is 0 Å². The molecule has 2 aromatic rings. The van der Waals surface area contributed by atoms with Gasteiger partial charge in [-0.05, 0) is 61.1 Å². The third kappa shape index (κ3) is 5.47. The van der Waals surface area contributed by atoms with E-state index in [1.807, 2.05) is 18.2 Å². The highest BCUT2D eigenvalue weighted by Crippen LogP contribution is 2.32. The molecule has 1 aliphatic carbocycles. The van der Waals surface area contributed by atoms with Gasteiger partial charge < -0.3 is 24.6 Å². The lowest BCUT2D eigenvalue weighted by Crippen LogP contribution is -2.32. The summed E-state index contributed by atoms with van der Waals surface area (Å²) in [6, 6.07) is 14.4. The van der Waals surface area contributed by atoms with Crippen LogP contribution in [0, 0.1) is 0 Å².